The van der Waals surface area contributed by atoms with Gasteiger partial charge in [-0.2, -0.15) is 0 Å². The number of ketones is 1. The Balaban J connectivity index is 1.65. The second kappa shape index (κ2) is 9.18. The first kappa shape index (κ1) is 20.3. The van der Waals surface area contributed by atoms with Crippen molar-refractivity contribution in [3.8, 4) is 0 Å². The van der Waals surface area contributed by atoms with Crippen LogP contribution in [0.5, 0.6) is 0 Å². The van der Waals surface area contributed by atoms with Crippen LogP contribution >= 0.6 is 0 Å². The lowest BCUT2D eigenvalue weighted by atomic mass is 10.1. The molecular formula is C21H24N4O4. The number of anilines is 2. The Morgan fingerprint density at radius 3 is 2.38 bits per heavy atom. The number of nitrogens with zero attached hydrogens (tertiary/aromatic N) is 3. The number of rotatable bonds is 5. The molecule has 1 N–H and O–H groups in total. The van der Waals surface area contributed by atoms with E-state index in [0.29, 0.717) is 49.6 Å². The van der Waals surface area contributed by atoms with Gasteiger partial charge in [-0.3, -0.25) is 14.6 Å². The van der Waals surface area contributed by atoms with Crippen LogP contribution in [0.3, 0.4) is 0 Å². The third-order valence-electron chi connectivity index (χ3n) is 4.64. The molecule has 0 radical (unpaired) electrons. The van der Waals surface area contributed by atoms with E-state index in [1.54, 1.807) is 47.2 Å². The van der Waals surface area contributed by atoms with Crippen LogP contribution in [-0.4, -0.2) is 65.4 Å². The van der Waals surface area contributed by atoms with E-state index >= 15 is 0 Å². The Labute approximate surface area is 169 Å². The lowest BCUT2D eigenvalue weighted by Crippen LogP contribution is -2.50. The Bertz CT molecular complexity index is 907. The molecule has 0 aliphatic carbocycles. The van der Waals surface area contributed by atoms with Gasteiger partial charge in [0.25, 0.3) is 5.91 Å². The number of aromatic nitrogens is 1. The second-order valence-electron chi connectivity index (χ2n) is 6.70. The van der Waals surface area contributed by atoms with Gasteiger partial charge in [0.2, 0.25) is 0 Å². The summed E-state index contributed by atoms with van der Waals surface area (Å²) in [5, 5.41) is 3.18. The van der Waals surface area contributed by atoms with Crippen molar-refractivity contribution in [1.82, 2.24) is 14.8 Å². The average Bonchev–Trinajstić information content (AvgIpc) is 2.74. The molecule has 1 fully saturated rings. The predicted molar refractivity (Wildman–Crippen MR) is 108 cm³/mol. The zero-order valence-corrected chi connectivity index (χ0v) is 16.6. The molecule has 0 atom stereocenters. The number of hydrogen-bond donors (Lipinski definition) is 1. The van der Waals surface area contributed by atoms with Crippen molar-refractivity contribution in [2.24, 2.45) is 0 Å². The van der Waals surface area contributed by atoms with Crippen LogP contribution < -0.4 is 5.32 Å². The van der Waals surface area contributed by atoms with Crippen molar-refractivity contribution in [3.63, 3.8) is 0 Å². The van der Waals surface area contributed by atoms with Gasteiger partial charge in [0.15, 0.2) is 5.78 Å². The Kier molecular flexibility index (Phi) is 6.43. The molecule has 3 rings (SSSR count). The van der Waals surface area contributed by atoms with Gasteiger partial charge in [0, 0.05) is 43.6 Å². The number of carbonyl (C=O) groups excluding carboxylic acids is 3. The number of carbonyl (C=O) groups is 3. The Morgan fingerprint density at radius 2 is 1.69 bits per heavy atom. The van der Waals surface area contributed by atoms with Crippen molar-refractivity contribution in [3.05, 3.63) is 53.9 Å². The molecule has 8 heteroatoms. The molecule has 0 bridgehead atoms. The van der Waals surface area contributed by atoms with Crippen LogP contribution in [0.15, 0.2) is 42.7 Å². The molecule has 1 aromatic carbocycles. The average molecular weight is 396 g/mol. The van der Waals surface area contributed by atoms with Gasteiger partial charge in [-0.15, -0.1) is 0 Å². The summed E-state index contributed by atoms with van der Waals surface area (Å²) >= 11 is 0. The van der Waals surface area contributed by atoms with Gasteiger partial charge in [-0.05, 0) is 32.0 Å². The minimum Gasteiger partial charge on any atom is -0.450 e. The standard InChI is InChI=1S/C21H24N4O4/c1-3-29-21(28)25-9-7-24(8-10-25)20(27)17-12-19(14-22-13-17)23-18-6-4-5-16(11-18)15(2)26/h4-6,11-14,23H,3,7-10H2,1-2H3. The minimum absolute atomic E-state index is 0.0161. The SMILES string of the molecule is CCOC(=O)N1CCN(C(=O)c2cncc(Nc3cccc(C(C)=O)c3)c2)CC1. The molecule has 2 heterocycles. The first-order valence-corrected chi connectivity index (χ1v) is 9.52. The number of benzene rings is 1. The lowest BCUT2D eigenvalue weighted by molar-refractivity contribution is 0.0570. The summed E-state index contributed by atoms with van der Waals surface area (Å²) in [6, 6.07) is 8.88. The minimum atomic E-state index is -0.347. The highest BCUT2D eigenvalue weighted by Crippen LogP contribution is 2.19. The van der Waals surface area contributed by atoms with Gasteiger partial charge in [-0.25, -0.2) is 4.79 Å². The van der Waals surface area contributed by atoms with Gasteiger partial charge in [0.1, 0.15) is 0 Å². The largest absolute Gasteiger partial charge is 0.450 e. The summed E-state index contributed by atoms with van der Waals surface area (Å²) in [5.41, 5.74) is 2.46. The summed E-state index contributed by atoms with van der Waals surface area (Å²) in [5.74, 6) is -0.153. The highest BCUT2D eigenvalue weighted by molar-refractivity contribution is 5.96. The van der Waals surface area contributed by atoms with E-state index in [1.165, 1.54) is 13.1 Å². The van der Waals surface area contributed by atoms with Crippen LogP contribution in [0.25, 0.3) is 0 Å². The van der Waals surface area contributed by atoms with Gasteiger partial charge >= 0.3 is 6.09 Å². The third-order valence-corrected chi connectivity index (χ3v) is 4.64. The highest BCUT2D eigenvalue weighted by atomic mass is 16.6. The molecule has 8 nitrogen and oxygen atoms in total. The third kappa shape index (κ3) is 5.10. The summed E-state index contributed by atoms with van der Waals surface area (Å²) in [6.07, 6.45) is 2.80. The molecule has 1 saturated heterocycles. The van der Waals surface area contributed by atoms with Crippen LogP contribution in [0.1, 0.15) is 34.6 Å². The van der Waals surface area contributed by atoms with Crippen LogP contribution in [0.4, 0.5) is 16.2 Å². The van der Waals surface area contributed by atoms with Crippen LogP contribution in [0, 0.1) is 0 Å². The van der Waals surface area contributed by atoms with E-state index in [-0.39, 0.29) is 17.8 Å². The molecule has 1 aromatic heterocycles. The normalized spacial score (nSPS) is 13.7. The zero-order chi connectivity index (χ0) is 20.8. The van der Waals surface area contributed by atoms with Crippen molar-refractivity contribution >= 4 is 29.2 Å². The van der Waals surface area contributed by atoms with Gasteiger partial charge < -0.3 is 19.9 Å². The maximum absolute atomic E-state index is 12.8. The molecule has 0 spiro atoms. The predicted octanol–water partition coefficient (Wildman–Crippen LogP) is 2.94. The van der Waals surface area contributed by atoms with E-state index in [2.05, 4.69) is 10.3 Å². The van der Waals surface area contributed by atoms with Crippen molar-refractivity contribution < 1.29 is 19.1 Å². The molecule has 0 unspecified atom stereocenters. The van der Waals surface area contributed by atoms with Gasteiger partial charge in [-0.1, -0.05) is 12.1 Å². The molecule has 29 heavy (non-hydrogen) atoms. The molecule has 2 aromatic rings. The van der Waals surface area contributed by atoms with E-state index < -0.39 is 0 Å². The smallest absolute Gasteiger partial charge is 0.409 e. The highest BCUT2D eigenvalue weighted by Gasteiger charge is 2.25. The summed E-state index contributed by atoms with van der Waals surface area (Å²) < 4.78 is 5.00. The van der Waals surface area contributed by atoms with E-state index in [9.17, 15) is 14.4 Å². The fourth-order valence-corrected chi connectivity index (χ4v) is 3.10. The number of hydrogen-bond acceptors (Lipinski definition) is 6. The van der Waals surface area contributed by atoms with Crippen molar-refractivity contribution in [2.45, 2.75) is 13.8 Å². The van der Waals surface area contributed by atoms with E-state index in [4.69, 9.17) is 4.74 Å². The number of amides is 2. The summed E-state index contributed by atoms with van der Waals surface area (Å²) in [6.45, 7) is 5.37. The molecule has 0 saturated carbocycles. The Morgan fingerprint density at radius 1 is 1.00 bits per heavy atom. The quantitative estimate of drug-likeness (QED) is 0.782. The maximum atomic E-state index is 12.8. The number of nitrogens with one attached hydrogen (secondary N) is 1. The van der Waals surface area contributed by atoms with Crippen molar-refractivity contribution in [2.75, 3.05) is 38.1 Å². The zero-order valence-electron chi connectivity index (χ0n) is 16.6. The van der Waals surface area contributed by atoms with Gasteiger partial charge in [0.05, 0.1) is 24.1 Å². The Hall–Kier alpha value is -3.42. The summed E-state index contributed by atoms with van der Waals surface area (Å²) in [7, 11) is 0. The van der Waals surface area contributed by atoms with Crippen LogP contribution in [0.2, 0.25) is 0 Å². The number of pyridine rings is 1. The fraction of sp³-hybridized carbons (Fsp3) is 0.333. The molecular weight excluding hydrogens is 372 g/mol. The fourth-order valence-electron chi connectivity index (χ4n) is 3.10. The molecule has 2 amide bonds. The van der Waals surface area contributed by atoms with E-state index in [0.717, 1.165) is 5.69 Å². The first-order chi connectivity index (χ1) is 14.0. The number of ether oxygens (including phenoxy) is 1. The monoisotopic (exact) mass is 396 g/mol. The van der Waals surface area contributed by atoms with Crippen molar-refractivity contribution in [1.29, 1.82) is 0 Å². The van der Waals surface area contributed by atoms with Crippen LogP contribution in [-0.2, 0) is 4.74 Å². The molecule has 1 aliphatic rings. The molecule has 152 valence electrons. The number of piperazine rings is 1. The second-order valence-corrected chi connectivity index (χ2v) is 6.70. The maximum Gasteiger partial charge on any atom is 0.409 e. The first-order valence-electron chi connectivity index (χ1n) is 9.52. The lowest BCUT2D eigenvalue weighted by Gasteiger charge is -2.34. The summed E-state index contributed by atoms with van der Waals surface area (Å²) in [4.78, 5) is 43.6. The van der Waals surface area contributed by atoms with E-state index in [1.807, 2.05) is 6.07 Å². The number of Topliss-reactive ketones (excluding diaryl/α,β-unsaturated/α-hetero) is 1. The molecule has 1 aliphatic heterocycles. The topological polar surface area (TPSA) is 91.8 Å².